The molecule has 4 rings (SSSR count). The molecule has 2 aromatic carbocycles. The number of nitrogens with one attached hydrogen (secondary N) is 1. The van der Waals surface area contributed by atoms with Crippen LogP contribution in [0.3, 0.4) is 0 Å². The molecular formula is C24H14F2N2O8S. The summed E-state index contributed by atoms with van der Waals surface area (Å²) in [5, 5.41) is 19.9. The highest BCUT2D eigenvalue weighted by atomic mass is 32.2. The molecule has 37 heavy (non-hydrogen) atoms. The van der Waals surface area contributed by atoms with Crippen molar-refractivity contribution >= 4 is 52.5 Å². The van der Waals surface area contributed by atoms with Crippen LogP contribution in [0.25, 0.3) is 17.4 Å². The Morgan fingerprint density at radius 3 is 2.27 bits per heavy atom. The highest BCUT2D eigenvalue weighted by molar-refractivity contribution is 8.18. The summed E-state index contributed by atoms with van der Waals surface area (Å²) >= 11 is 0.527. The molecule has 0 bridgehead atoms. The van der Waals surface area contributed by atoms with E-state index in [9.17, 15) is 43.0 Å². The van der Waals surface area contributed by atoms with Crippen LogP contribution < -0.4 is 5.32 Å². The molecule has 2 heterocycles. The van der Waals surface area contributed by atoms with E-state index < -0.39 is 47.2 Å². The lowest BCUT2D eigenvalue weighted by Crippen LogP contribution is -2.36. The second kappa shape index (κ2) is 10.1. The number of furan rings is 1. The van der Waals surface area contributed by atoms with E-state index in [1.54, 1.807) is 0 Å². The Bertz CT molecular complexity index is 1480. The minimum absolute atomic E-state index is 0.0859. The maximum atomic E-state index is 13.7. The molecule has 3 N–H and O–H groups in total. The highest BCUT2D eigenvalue weighted by Gasteiger charge is 2.36. The number of carboxylic acid groups (broad SMARTS) is 2. The van der Waals surface area contributed by atoms with Crippen molar-refractivity contribution in [3.8, 4) is 11.3 Å². The second-order valence-corrected chi connectivity index (χ2v) is 8.54. The molecule has 1 saturated heterocycles. The summed E-state index contributed by atoms with van der Waals surface area (Å²) in [6, 6.07) is 8.76. The van der Waals surface area contributed by atoms with E-state index in [0.717, 1.165) is 18.2 Å². The van der Waals surface area contributed by atoms with Gasteiger partial charge in [-0.1, -0.05) is 0 Å². The van der Waals surface area contributed by atoms with Gasteiger partial charge in [0, 0.05) is 17.7 Å². The quantitative estimate of drug-likeness (QED) is 0.381. The van der Waals surface area contributed by atoms with Gasteiger partial charge in [0.05, 0.1) is 21.7 Å². The molecule has 13 heteroatoms. The molecule has 1 aliphatic rings. The summed E-state index contributed by atoms with van der Waals surface area (Å²) in [6.07, 6.45) is 1.23. The summed E-state index contributed by atoms with van der Waals surface area (Å²) in [5.41, 5.74) is -0.703. The van der Waals surface area contributed by atoms with E-state index in [2.05, 4.69) is 5.32 Å². The largest absolute Gasteiger partial charge is 0.478 e. The van der Waals surface area contributed by atoms with Gasteiger partial charge in [-0.25, -0.2) is 18.4 Å². The highest BCUT2D eigenvalue weighted by Crippen LogP contribution is 2.33. The molecule has 188 valence electrons. The van der Waals surface area contributed by atoms with E-state index in [1.165, 1.54) is 30.3 Å². The number of nitrogens with zero attached hydrogens (tertiary/aromatic N) is 1. The lowest BCUT2D eigenvalue weighted by molar-refractivity contribution is -0.127. The fraction of sp³-hybridized carbons (Fsp3) is 0.0417. The van der Waals surface area contributed by atoms with Crippen molar-refractivity contribution in [2.24, 2.45) is 0 Å². The molecule has 10 nitrogen and oxygen atoms in total. The molecule has 3 amide bonds. The number of amides is 3. The standard InChI is InChI=1S/C24H14F2N2O8S/c25-14-1-3-17(16(26)8-14)27-20(29)10-28-21(30)19(37-24(28)35)9-15-2-4-18(36-15)11-5-12(22(31)32)7-13(6-11)23(33)34/h1-9H,10H2,(H,27,29)(H,31,32)(H,33,34)/b19-9+. The van der Waals surface area contributed by atoms with Crippen molar-refractivity contribution in [2.45, 2.75) is 0 Å². The van der Waals surface area contributed by atoms with Gasteiger partial charge in [0.1, 0.15) is 29.7 Å². The molecule has 0 atom stereocenters. The fourth-order valence-electron chi connectivity index (χ4n) is 3.29. The second-order valence-electron chi connectivity index (χ2n) is 7.55. The number of carbonyl (C=O) groups is 5. The van der Waals surface area contributed by atoms with Crippen molar-refractivity contribution in [1.82, 2.24) is 4.90 Å². The topological polar surface area (TPSA) is 154 Å². The van der Waals surface area contributed by atoms with Crippen LogP contribution in [0.4, 0.5) is 19.3 Å². The van der Waals surface area contributed by atoms with E-state index >= 15 is 0 Å². The molecule has 0 spiro atoms. The Labute approximate surface area is 210 Å². The van der Waals surface area contributed by atoms with Crippen molar-refractivity contribution in [2.75, 3.05) is 11.9 Å². The van der Waals surface area contributed by atoms with Gasteiger partial charge in [0.25, 0.3) is 11.1 Å². The first-order valence-corrected chi connectivity index (χ1v) is 11.1. The average molecular weight is 528 g/mol. The zero-order chi connectivity index (χ0) is 26.9. The van der Waals surface area contributed by atoms with E-state index in [1.807, 2.05) is 0 Å². The molecule has 0 saturated carbocycles. The third-order valence-corrected chi connectivity index (χ3v) is 5.90. The average Bonchev–Trinajstić information content (AvgIpc) is 3.41. The van der Waals surface area contributed by atoms with Crippen LogP contribution in [0.15, 0.2) is 57.9 Å². The predicted octanol–water partition coefficient (Wildman–Crippen LogP) is 4.30. The number of imide groups is 1. The van der Waals surface area contributed by atoms with E-state index in [0.29, 0.717) is 22.7 Å². The van der Waals surface area contributed by atoms with Crippen molar-refractivity contribution < 1.29 is 47.4 Å². The lowest BCUT2D eigenvalue weighted by Gasteiger charge is -2.12. The Kier molecular flexibility index (Phi) is 6.89. The number of carbonyl (C=O) groups excluding carboxylic acids is 3. The summed E-state index contributed by atoms with van der Waals surface area (Å²) < 4.78 is 32.4. The Hall–Kier alpha value is -4.78. The van der Waals surface area contributed by atoms with E-state index in [-0.39, 0.29) is 38.8 Å². The van der Waals surface area contributed by atoms with Gasteiger partial charge in [-0.15, -0.1) is 0 Å². The summed E-state index contributed by atoms with van der Waals surface area (Å²) in [5.74, 6) is -6.05. The zero-order valence-corrected chi connectivity index (χ0v) is 19.2. The van der Waals surface area contributed by atoms with Gasteiger partial charge in [-0.3, -0.25) is 19.3 Å². The lowest BCUT2D eigenvalue weighted by atomic mass is 10.0. The summed E-state index contributed by atoms with van der Waals surface area (Å²) in [4.78, 5) is 60.4. The van der Waals surface area contributed by atoms with Crippen LogP contribution in [0, 0.1) is 11.6 Å². The predicted molar refractivity (Wildman–Crippen MR) is 126 cm³/mol. The number of rotatable bonds is 7. The zero-order valence-electron chi connectivity index (χ0n) is 18.4. The van der Waals surface area contributed by atoms with Gasteiger partial charge in [0.2, 0.25) is 5.91 Å². The molecule has 1 aromatic heterocycles. The molecular weight excluding hydrogens is 514 g/mol. The van der Waals surface area contributed by atoms with Gasteiger partial charge in [-0.2, -0.15) is 0 Å². The summed E-state index contributed by atoms with van der Waals surface area (Å²) in [6.45, 7) is -0.720. The van der Waals surface area contributed by atoms with Crippen LogP contribution in [0.5, 0.6) is 0 Å². The van der Waals surface area contributed by atoms with Gasteiger partial charge in [-0.05, 0) is 54.2 Å². The monoisotopic (exact) mass is 528 g/mol. The van der Waals surface area contributed by atoms with Gasteiger partial charge < -0.3 is 19.9 Å². The van der Waals surface area contributed by atoms with Crippen LogP contribution in [0.2, 0.25) is 0 Å². The minimum atomic E-state index is -1.34. The number of benzene rings is 2. The molecule has 1 aliphatic heterocycles. The number of halogens is 2. The van der Waals surface area contributed by atoms with Crippen molar-refractivity contribution in [3.63, 3.8) is 0 Å². The fourth-order valence-corrected chi connectivity index (χ4v) is 4.11. The van der Waals surface area contributed by atoms with Crippen molar-refractivity contribution in [1.29, 1.82) is 0 Å². The molecule has 3 aromatic rings. The molecule has 1 fully saturated rings. The Morgan fingerprint density at radius 2 is 1.65 bits per heavy atom. The van der Waals surface area contributed by atoms with Crippen molar-refractivity contribution in [3.05, 3.63) is 82.0 Å². The third kappa shape index (κ3) is 5.56. The first kappa shape index (κ1) is 25.3. The van der Waals surface area contributed by atoms with Crippen LogP contribution >= 0.6 is 11.8 Å². The van der Waals surface area contributed by atoms with Gasteiger partial charge in [0.15, 0.2) is 0 Å². The number of anilines is 1. The maximum absolute atomic E-state index is 13.7. The smallest absolute Gasteiger partial charge is 0.335 e. The molecule has 0 radical (unpaired) electrons. The summed E-state index contributed by atoms with van der Waals surface area (Å²) in [7, 11) is 0. The Balaban J connectivity index is 1.51. The van der Waals surface area contributed by atoms with Crippen LogP contribution in [0.1, 0.15) is 26.5 Å². The normalized spacial score (nSPS) is 14.3. The number of hydrogen-bond acceptors (Lipinski definition) is 7. The first-order chi connectivity index (χ1) is 17.5. The van der Waals surface area contributed by atoms with E-state index in [4.69, 9.17) is 4.42 Å². The van der Waals surface area contributed by atoms with Gasteiger partial charge >= 0.3 is 11.9 Å². The molecule has 0 aliphatic carbocycles. The number of aromatic carboxylic acids is 2. The number of hydrogen-bond donors (Lipinski definition) is 3. The SMILES string of the molecule is O=C(CN1C(=O)S/C(=C/c2ccc(-c3cc(C(=O)O)cc(C(=O)O)c3)o2)C1=O)Nc1ccc(F)cc1F. The van der Waals surface area contributed by atoms with Crippen LogP contribution in [-0.2, 0) is 9.59 Å². The van der Waals surface area contributed by atoms with Crippen LogP contribution in [-0.4, -0.2) is 50.6 Å². The first-order valence-electron chi connectivity index (χ1n) is 10.2. The number of carboxylic acids is 2. The third-order valence-electron chi connectivity index (χ3n) is 4.99. The molecule has 0 unspecified atom stereocenters. The maximum Gasteiger partial charge on any atom is 0.335 e. The number of thioether (sulfide) groups is 1. The Morgan fingerprint density at radius 1 is 0.973 bits per heavy atom. The minimum Gasteiger partial charge on any atom is -0.478 e.